The molecule has 1 aliphatic carbocycles. The highest BCUT2D eigenvalue weighted by atomic mass is 16.3. The highest BCUT2D eigenvalue weighted by Crippen LogP contribution is 2.58. The number of hydrogen-bond donors (Lipinski definition) is 0. The number of anilines is 3. The third-order valence-corrected chi connectivity index (χ3v) is 13.3. The monoisotopic (exact) mass is 805 g/mol. The van der Waals surface area contributed by atoms with E-state index in [1.165, 1.54) is 66.4 Å². The minimum absolute atomic E-state index is 0.166. The molecule has 0 N–H and O–H groups in total. The van der Waals surface area contributed by atoms with Crippen LogP contribution in [0.5, 0.6) is 0 Å². The Balaban J connectivity index is 1.02. The van der Waals surface area contributed by atoms with Crippen LogP contribution in [0, 0.1) is 0 Å². The number of fused-ring (bicyclic) bond motifs is 8. The maximum atomic E-state index is 6.46. The lowest BCUT2D eigenvalue weighted by molar-refractivity contribution is 0.666. The maximum absolute atomic E-state index is 6.46. The smallest absolute Gasteiger partial charge is 0.143 e. The summed E-state index contributed by atoms with van der Waals surface area (Å²) in [6.45, 7) is 4.78. The van der Waals surface area contributed by atoms with Crippen LogP contribution in [0.2, 0.25) is 0 Å². The first-order chi connectivity index (χ1) is 31.0. The summed E-state index contributed by atoms with van der Waals surface area (Å²) in [5.41, 5.74) is 19.9. The summed E-state index contributed by atoms with van der Waals surface area (Å²) < 4.78 is 6.46. The molecule has 2 heteroatoms. The van der Waals surface area contributed by atoms with Gasteiger partial charge in [-0.3, -0.25) is 0 Å². The van der Waals surface area contributed by atoms with E-state index < -0.39 is 0 Å². The molecule has 0 unspecified atom stereocenters. The van der Waals surface area contributed by atoms with Crippen LogP contribution in [0.3, 0.4) is 0 Å². The highest BCUT2D eigenvalue weighted by molar-refractivity contribution is 6.15. The van der Waals surface area contributed by atoms with E-state index in [-0.39, 0.29) is 5.41 Å². The third-order valence-electron chi connectivity index (χ3n) is 13.3. The van der Waals surface area contributed by atoms with Gasteiger partial charge in [-0.1, -0.05) is 196 Å². The van der Waals surface area contributed by atoms with Crippen molar-refractivity contribution in [2.75, 3.05) is 4.90 Å². The SMILES string of the molecule is CC1(C)c2ccccc2-c2c(-c3ccc(N(c4ccc(-c5ccccc5)cc4)c4ccc(-c5cccc6c5oc5ccccc56)cc4)cc3)c(-c3ccccc3)c3ccccc3c21. The molecule has 1 heterocycles. The molecule has 2 nitrogen and oxygen atoms in total. The van der Waals surface area contributed by atoms with Crippen molar-refractivity contribution < 1.29 is 4.42 Å². The van der Waals surface area contributed by atoms with Gasteiger partial charge in [0.2, 0.25) is 0 Å². The van der Waals surface area contributed by atoms with Crippen molar-refractivity contribution in [2.24, 2.45) is 0 Å². The van der Waals surface area contributed by atoms with Crippen molar-refractivity contribution in [1.29, 1.82) is 0 Å². The molecule has 0 saturated heterocycles. The van der Waals surface area contributed by atoms with Gasteiger partial charge in [-0.25, -0.2) is 0 Å². The van der Waals surface area contributed by atoms with Gasteiger partial charge in [0.05, 0.1) is 0 Å². The van der Waals surface area contributed by atoms with Crippen molar-refractivity contribution in [3.8, 4) is 55.6 Å². The summed E-state index contributed by atoms with van der Waals surface area (Å²) in [6.07, 6.45) is 0. The van der Waals surface area contributed by atoms with E-state index in [4.69, 9.17) is 4.42 Å². The Labute approximate surface area is 368 Å². The molecule has 0 radical (unpaired) electrons. The van der Waals surface area contributed by atoms with Crippen LogP contribution in [-0.4, -0.2) is 0 Å². The van der Waals surface area contributed by atoms with Crippen LogP contribution in [0.4, 0.5) is 17.1 Å². The van der Waals surface area contributed by atoms with Gasteiger partial charge in [0, 0.05) is 38.8 Å². The van der Waals surface area contributed by atoms with Gasteiger partial charge >= 0.3 is 0 Å². The third kappa shape index (κ3) is 5.94. The summed E-state index contributed by atoms with van der Waals surface area (Å²) in [4.78, 5) is 2.37. The van der Waals surface area contributed by atoms with Gasteiger partial charge in [-0.05, 0) is 114 Å². The second-order valence-electron chi connectivity index (χ2n) is 17.2. The fraction of sp³-hybridized carbons (Fsp3) is 0.0492. The van der Waals surface area contributed by atoms with Crippen LogP contribution in [0.25, 0.3) is 88.3 Å². The molecule has 12 rings (SSSR count). The van der Waals surface area contributed by atoms with Crippen LogP contribution < -0.4 is 4.90 Å². The molecule has 0 spiro atoms. The molecule has 0 bridgehead atoms. The number of hydrogen-bond acceptors (Lipinski definition) is 2. The van der Waals surface area contributed by atoms with E-state index in [1.807, 2.05) is 12.1 Å². The Morgan fingerprint density at radius 3 is 1.49 bits per heavy atom. The molecule has 298 valence electrons. The van der Waals surface area contributed by atoms with Crippen LogP contribution >= 0.6 is 0 Å². The van der Waals surface area contributed by atoms with Crippen molar-refractivity contribution >= 4 is 49.8 Å². The second kappa shape index (κ2) is 14.6. The average molecular weight is 806 g/mol. The summed E-state index contributed by atoms with van der Waals surface area (Å²) in [6, 6.07) is 81.4. The van der Waals surface area contributed by atoms with Gasteiger partial charge in [0.1, 0.15) is 11.2 Å². The molecule has 0 fully saturated rings. The summed E-state index contributed by atoms with van der Waals surface area (Å²) in [5, 5.41) is 4.86. The molecular formula is C61H43NO. The fourth-order valence-corrected chi connectivity index (χ4v) is 10.4. The molecule has 1 aliphatic rings. The van der Waals surface area contributed by atoms with E-state index in [2.05, 4.69) is 231 Å². The Morgan fingerprint density at radius 1 is 0.333 bits per heavy atom. The lowest BCUT2D eigenvalue weighted by Gasteiger charge is -2.27. The first-order valence-electron chi connectivity index (χ1n) is 21.8. The number of nitrogens with zero attached hydrogens (tertiary/aromatic N) is 1. The van der Waals surface area contributed by atoms with E-state index in [0.717, 1.165) is 50.1 Å². The van der Waals surface area contributed by atoms with Crippen molar-refractivity contribution in [3.05, 3.63) is 236 Å². The first-order valence-corrected chi connectivity index (χ1v) is 21.8. The zero-order valence-corrected chi connectivity index (χ0v) is 35.2. The van der Waals surface area contributed by atoms with E-state index in [9.17, 15) is 0 Å². The Kier molecular flexibility index (Phi) is 8.55. The van der Waals surface area contributed by atoms with Crippen molar-refractivity contribution in [1.82, 2.24) is 0 Å². The lowest BCUT2D eigenvalue weighted by Crippen LogP contribution is -2.15. The molecule has 10 aromatic carbocycles. The zero-order chi connectivity index (χ0) is 42.1. The van der Waals surface area contributed by atoms with Gasteiger partial charge in [-0.15, -0.1) is 0 Å². The van der Waals surface area contributed by atoms with Gasteiger partial charge in [0.15, 0.2) is 0 Å². The molecule has 1 aromatic heterocycles. The van der Waals surface area contributed by atoms with Gasteiger partial charge in [-0.2, -0.15) is 0 Å². The predicted octanol–water partition coefficient (Wildman–Crippen LogP) is 17.2. The average Bonchev–Trinajstić information content (AvgIpc) is 3.85. The summed E-state index contributed by atoms with van der Waals surface area (Å²) in [5.74, 6) is 0. The Hall–Kier alpha value is -7.94. The largest absolute Gasteiger partial charge is 0.455 e. The highest BCUT2D eigenvalue weighted by Gasteiger charge is 2.40. The first kappa shape index (κ1) is 36.9. The van der Waals surface area contributed by atoms with Crippen LogP contribution in [-0.2, 0) is 5.41 Å². The van der Waals surface area contributed by atoms with Crippen molar-refractivity contribution in [2.45, 2.75) is 19.3 Å². The van der Waals surface area contributed by atoms with Crippen LogP contribution in [0.1, 0.15) is 25.0 Å². The molecule has 63 heavy (non-hydrogen) atoms. The minimum Gasteiger partial charge on any atom is -0.455 e. The molecule has 0 saturated carbocycles. The normalized spacial score (nSPS) is 12.7. The number of rotatable bonds is 7. The number of benzene rings is 10. The molecular weight excluding hydrogens is 763 g/mol. The van der Waals surface area contributed by atoms with Crippen LogP contribution in [0.15, 0.2) is 229 Å². The minimum atomic E-state index is -0.166. The molecule has 0 amide bonds. The zero-order valence-electron chi connectivity index (χ0n) is 35.2. The maximum Gasteiger partial charge on any atom is 0.143 e. The van der Waals surface area contributed by atoms with Gasteiger partial charge < -0.3 is 9.32 Å². The van der Waals surface area contributed by atoms with Gasteiger partial charge in [0.25, 0.3) is 0 Å². The predicted molar refractivity (Wildman–Crippen MR) is 265 cm³/mol. The topological polar surface area (TPSA) is 16.4 Å². The van der Waals surface area contributed by atoms with E-state index in [1.54, 1.807) is 0 Å². The second-order valence-corrected chi connectivity index (χ2v) is 17.2. The Bertz CT molecular complexity index is 3490. The number of furan rings is 1. The molecule has 0 atom stereocenters. The van der Waals surface area contributed by atoms with Crippen molar-refractivity contribution in [3.63, 3.8) is 0 Å². The quantitative estimate of drug-likeness (QED) is 0.160. The molecule has 11 aromatic rings. The lowest BCUT2D eigenvalue weighted by atomic mass is 9.77. The van der Waals surface area contributed by atoms with E-state index in [0.29, 0.717) is 0 Å². The molecule has 0 aliphatic heterocycles. The number of para-hydroxylation sites is 2. The Morgan fingerprint density at radius 2 is 0.810 bits per heavy atom. The summed E-state index contributed by atoms with van der Waals surface area (Å²) in [7, 11) is 0. The van der Waals surface area contributed by atoms with E-state index >= 15 is 0 Å². The fourth-order valence-electron chi connectivity index (χ4n) is 10.4. The summed E-state index contributed by atoms with van der Waals surface area (Å²) >= 11 is 0. The standard InChI is InChI=1S/C61H43NO/c1-61(2)54-26-13-11-23-53(54)58-57(56(43-18-7-4-8-19-43)50-21-9-10-22-51(50)59(58)61)44-32-38-47(39-33-44)62(45-34-28-41(29-35-45)40-16-5-3-6-17-40)46-36-30-42(31-37-46)48-24-15-25-52-49-20-12-14-27-55(49)63-60(48)52/h3-39H,1-2H3.